The summed E-state index contributed by atoms with van der Waals surface area (Å²) in [5, 5.41) is 6.51. The number of ether oxygens (including phenoxy) is 2. The van der Waals surface area contributed by atoms with E-state index in [1.54, 1.807) is 7.11 Å². The molecule has 1 fully saturated rings. The van der Waals surface area contributed by atoms with Gasteiger partial charge in [-0.15, -0.1) is 0 Å². The van der Waals surface area contributed by atoms with Crippen LogP contribution in [0.1, 0.15) is 47.0 Å². The van der Waals surface area contributed by atoms with E-state index in [9.17, 15) is 4.79 Å². The number of methoxy groups -OCH3 is 1. The third-order valence-electron chi connectivity index (χ3n) is 3.75. The van der Waals surface area contributed by atoms with Crippen molar-refractivity contribution < 1.29 is 14.3 Å². The monoisotopic (exact) mass is 300 g/mol. The molecule has 0 radical (unpaired) electrons. The van der Waals surface area contributed by atoms with Gasteiger partial charge in [0.2, 0.25) is 0 Å². The summed E-state index contributed by atoms with van der Waals surface area (Å²) in [4.78, 5) is 11.7. The average molecular weight is 300 g/mol. The van der Waals surface area contributed by atoms with Crippen LogP contribution in [0.2, 0.25) is 0 Å². The van der Waals surface area contributed by atoms with Gasteiger partial charge in [-0.1, -0.05) is 13.3 Å². The van der Waals surface area contributed by atoms with Gasteiger partial charge in [0.15, 0.2) is 0 Å². The molecule has 1 aliphatic rings. The van der Waals surface area contributed by atoms with Gasteiger partial charge in [0, 0.05) is 32.8 Å². The summed E-state index contributed by atoms with van der Waals surface area (Å²) in [6.45, 7) is 10.2. The number of hydrogen-bond donors (Lipinski definition) is 2. The van der Waals surface area contributed by atoms with Crippen LogP contribution in [0, 0.1) is 11.8 Å². The van der Waals surface area contributed by atoms with Crippen LogP contribution in [0.15, 0.2) is 0 Å². The maximum absolute atomic E-state index is 11.7. The highest BCUT2D eigenvalue weighted by atomic mass is 16.6. The number of nitrogens with one attached hydrogen (secondary N) is 2. The Hall–Kier alpha value is -0.810. The van der Waals surface area contributed by atoms with E-state index >= 15 is 0 Å². The van der Waals surface area contributed by atoms with Gasteiger partial charge in [0.25, 0.3) is 0 Å². The van der Waals surface area contributed by atoms with E-state index in [1.807, 2.05) is 20.8 Å². The van der Waals surface area contributed by atoms with Gasteiger partial charge in [-0.2, -0.15) is 0 Å². The Bertz CT molecular complexity index is 315. The van der Waals surface area contributed by atoms with Gasteiger partial charge < -0.3 is 20.1 Å². The van der Waals surface area contributed by atoms with Crippen LogP contribution in [-0.2, 0) is 9.47 Å². The number of amides is 1. The molecule has 1 saturated carbocycles. The Morgan fingerprint density at radius 3 is 2.67 bits per heavy atom. The molecule has 3 unspecified atom stereocenters. The minimum atomic E-state index is -0.438. The second kappa shape index (κ2) is 8.59. The van der Waals surface area contributed by atoms with Gasteiger partial charge in [0.05, 0.1) is 0 Å². The predicted octanol–water partition coefficient (Wildman–Crippen LogP) is 2.55. The highest BCUT2D eigenvalue weighted by Crippen LogP contribution is 2.25. The first-order valence-electron chi connectivity index (χ1n) is 8.01. The Kier molecular flexibility index (Phi) is 7.46. The number of carbonyl (C=O) groups is 1. The van der Waals surface area contributed by atoms with Crippen LogP contribution < -0.4 is 10.6 Å². The van der Waals surface area contributed by atoms with Gasteiger partial charge in [-0.3, -0.25) is 0 Å². The van der Waals surface area contributed by atoms with Crippen LogP contribution in [0.4, 0.5) is 4.79 Å². The van der Waals surface area contributed by atoms with E-state index in [1.165, 1.54) is 12.8 Å². The molecule has 0 bridgehead atoms. The third-order valence-corrected chi connectivity index (χ3v) is 3.75. The van der Waals surface area contributed by atoms with E-state index in [-0.39, 0.29) is 6.09 Å². The number of rotatable bonds is 7. The zero-order chi connectivity index (χ0) is 15.9. The summed E-state index contributed by atoms with van der Waals surface area (Å²) in [5.41, 5.74) is -0.438. The molecule has 21 heavy (non-hydrogen) atoms. The van der Waals surface area contributed by atoms with Crippen molar-refractivity contribution in [3.05, 3.63) is 0 Å². The fourth-order valence-electron chi connectivity index (χ4n) is 2.77. The maximum Gasteiger partial charge on any atom is 0.407 e. The summed E-state index contributed by atoms with van der Waals surface area (Å²) in [6.07, 6.45) is 3.24. The second-order valence-corrected chi connectivity index (χ2v) is 7.15. The minimum absolute atomic E-state index is 0.319. The lowest BCUT2D eigenvalue weighted by molar-refractivity contribution is 0.0517. The maximum atomic E-state index is 11.7. The zero-order valence-corrected chi connectivity index (χ0v) is 14.2. The van der Waals surface area contributed by atoms with Crippen LogP contribution in [0.3, 0.4) is 0 Å². The van der Waals surface area contributed by atoms with Crippen molar-refractivity contribution in [1.82, 2.24) is 10.6 Å². The largest absolute Gasteiger partial charge is 0.444 e. The Morgan fingerprint density at radius 2 is 2.05 bits per heavy atom. The molecule has 1 aliphatic carbocycles. The van der Waals surface area contributed by atoms with Crippen molar-refractivity contribution in [3.8, 4) is 0 Å². The highest BCUT2D eigenvalue weighted by molar-refractivity contribution is 5.67. The molecule has 0 heterocycles. The van der Waals surface area contributed by atoms with Crippen molar-refractivity contribution in [3.63, 3.8) is 0 Å². The molecule has 0 saturated heterocycles. The highest BCUT2D eigenvalue weighted by Gasteiger charge is 2.28. The summed E-state index contributed by atoms with van der Waals surface area (Å²) in [7, 11) is 1.74. The summed E-state index contributed by atoms with van der Waals surface area (Å²) >= 11 is 0. The molecule has 2 N–H and O–H groups in total. The Labute approximate surface area is 129 Å². The molecule has 1 rings (SSSR count). The molecule has 0 spiro atoms. The van der Waals surface area contributed by atoms with Crippen molar-refractivity contribution >= 4 is 6.09 Å². The lowest BCUT2D eigenvalue weighted by atomic mass is 10.0. The van der Waals surface area contributed by atoms with Crippen molar-refractivity contribution in [2.75, 3.05) is 26.8 Å². The van der Waals surface area contributed by atoms with Crippen LogP contribution in [-0.4, -0.2) is 44.5 Å². The van der Waals surface area contributed by atoms with Crippen molar-refractivity contribution in [2.24, 2.45) is 11.8 Å². The summed E-state index contributed by atoms with van der Waals surface area (Å²) in [6, 6.07) is 0.485. The van der Waals surface area contributed by atoms with E-state index < -0.39 is 5.60 Å². The quantitative estimate of drug-likeness (QED) is 0.758. The topological polar surface area (TPSA) is 59.6 Å². The molecule has 5 heteroatoms. The third kappa shape index (κ3) is 7.67. The van der Waals surface area contributed by atoms with Gasteiger partial charge in [-0.05, 0) is 45.4 Å². The summed E-state index contributed by atoms with van der Waals surface area (Å²) < 4.78 is 10.4. The van der Waals surface area contributed by atoms with Gasteiger partial charge in [0.1, 0.15) is 5.60 Å². The number of carbonyl (C=O) groups excluding carboxylic acids is 1. The fraction of sp³-hybridized carbons (Fsp3) is 0.938. The van der Waals surface area contributed by atoms with Gasteiger partial charge >= 0.3 is 6.09 Å². The summed E-state index contributed by atoms with van der Waals surface area (Å²) in [5.74, 6) is 1.00. The SMILES string of the molecule is COCC(C)CNC1CCCC1CNC(=O)OC(C)(C)C. The van der Waals surface area contributed by atoms with Crippen LogP contribution in [0.25, 0.3) is 0 Å². The lowest BCUT2D eigenvalue weighted by Gasteiger charge is -2.24. The van der Waals surface area contributed by atoms with E-state index in [0.717, 1.165) is 19.6 Å². The average Bonchev–Trinajstić information content (AvgIpc) is 2.79. The smallest absolute Gasteiger partial charge is 0.407 e. The molecule has 3 atom stereocenters. The Balaban J connectivity index is 2.28. The Morgan fingerprint density at radius 1 is 1.33 bits per heavy atom. The first-order chi connectivity index (χ1) is 9.81. The van der Waals surface area contributed by atoms with Gasteiger partial charge in [-0.25, -0.2) is 4.79 Å². The normalized spacial score (nSPS) is 23.9. The molecule has 0 aromatic carbocycles. The van der Waals surface area contributed by atoms with E-state index in [2.05, 4.69) is 17.6 Å². The molecule has 0 aliphatic heterocycles. The van der Waals surface area contributed by atoms with E-state index in [4.69, 9.17) is 9.47 Å². The van der Waals surface area contributed by atoms with Crippen molar-refractivity contribution in [1.29, 1.82) is 0 Å². The van der Waals surface area contributed by atoms with Crippen molar-refractivity contribution in [2.45, 2.75) is 58.6 Å². The molecule has 0 aromatic rings. The molecular formula is C16H32N2O3. The first kappa shape index (κ1) is 18.2. The molecular weight excluding hydrogens is 268 g/mol. The van der Waals surface area contributed by atoms with Crippen LogP contribution >= 0.6 is 0 Å². The number of alkyl carbamates (subject to hydrolysis) is 1. The zero-order valence-electron chi connectivity index (χ0n) is 14.2. The van der Waals surface area contributed by atoms with Crippen LogP contribution in [0.5, 0.6) is 0 Å². The first-order valence-corrected chi connectivity index (χ1v) is 8.01. The van der Waals surface area contributed by atoms with E-state index in [0.29, 0.717) is 24.4 Å². The molecule has 0 aromatic heterocycles. The standard InChI is InChI=1S/C16H32N2O3/c1-12(11-20-5)9-17-14-8-6-7-13(14)10-18-15(19)21-16(2,3)4/h12-14,17H,6-11H2,1-5H3,(H,18,19). The second-order valence-electron chi connectivity index (χ2n) is 7.15. The fourth-order valence-corrected chi connectivity index (χ4v) is 2.77. The molecule has 1 amide bonds. The minimum Gasteiger partial charge on any atom is -0.444 e. The predicted molar refractivity (Wildman–Crippen MR) is 84.4 cm³/mol. The molecule has 124 valence electrons. The number of hydrogen-bond acceptors (Lipinski definition) is 4. The lowest BCUT2D eigenvalue weighted by Crippen LogP contribution is -2.42. The molecule has 5 nitrogen and oxygen atoms in total.